The van der Waals surface area contributed by atoms with Crippen molar-refractivity contribution in [2.24, 2.45) is 0 Å². The van der Waals surface area contributed by atoms with Crippen molar-refractivity contribution in [1.29, 1.82) is 0 Å². The molecule has 4 heteroatoms. The third-order valence-electron chi connectivity index (χ3n) is 3.86. The summed E-state index contributed by atoms with van der Waals surface area (Å²) in [5.74, 6) is 0. The molecule has 0 amide bonds. The molecule has 0 aliphatic carbocycles. The standard InChI is InChI=1S/C14H18F3N/c1-2-13(8-5-9-18-13)10-11-6-3-4-7-12(11)14(15,16)17/h3-4,6-7,18H,2,5,8-10H2,1H3. The summed E-state index contributed by atoms with van der Waals surface area (Å²) in [5.41, 5.74) is -0.241. The highest BCUT2D eigenvalue weighted by Gasteiger charge is 2.37. The molecule has 0 bridgehead atoms. The molecule has 1 aromatic carbocycles. The number of hydrogen-bond donors (Lipinski definition) is 1. The molecule has 1 N–H and O–H groups in total. The molecule has 1 aromatic rings. The first-order chi connectivity index (χ1) is 8.47. The van der Waals surface area contributed by atoms with Crippen molar-refractivity contribution in [2.75, 3.05) is 6.54 Å². The van der Waals surface area contributed by atoms with Gasteiger partial charge in [-0.25, -0.2) is 0 Å². The van der Waals surface area contributed by atoms with E-state index < -0.39 is 11.7 Å². The number of hydrogen-bond acceptors (Lipinski definition) is 1. The molecule has 0 radical (unpaired) electrons. The van der Waals surface area contributed by atoms with Crippen LogP contribution in [0.25, 0.3) is 0 Å². The molecule has 1 atom stereocenters. The minimum Gasteiger partial charge on any atom is -0.311 e. The van der Waals surface area contributed by atoms with Crippen LogP contribution in [0, 0.1) is 0 Å². The van der Waals surface area contributed by atoms with E-state index in [-0.39, 0.29) is 5.54 Å². The maximum absolute atomic E-state index is 12.9. The number of nitrogens with one attached hydrogen (secondary N) is 1. The zero-order valence-electron chi connectivity index (χ0n) is 10.5. The Balaban J connectivity index is 2.29. The monoisotopic (exact) mass is 257 g/mol. The summed E-state index contributed by atoms with van der Waals surface area (Å²) in [7, 11) is 0. The van der Waals surface area contributed by atoms with Crippen molar-refractivity contribution in [3.8, 4) is 0 Å². The van der Waals surface area contributed by atoms with E-state index in [9.17, 15) is 13.2 Å². The van der Waals surface area contributed by atoms with Gasteiger partial charge in [-0.1, -0.05) is 25.1 Å². The molecule has 1 fully saturated rings. The first-order valence-corrected chi connectivity index (χ1v) is 6.37. The van der Waals surface area contributed by atoms with Crippen molar-refractivity contribution in [1.82, 2.24) is 5.32 Å². The fourth-order valence-corrected chi connectivity index (χ4v) is 2.76. The van der Waals surface area contributed by atoms with Crippen molar-refractivity contribution in [3.63, 3.8) is 0 Å². The fourth-order valence-electron chi connectivity index (χ4n) is 2.76. The van der Waals surface area contributed by atoms with Gasteiger partial charge in [0, 0.05) is 5.54 Å². The highest BCUT2D eigenvalue weighted by atomic mass is 19.4. The Morgan fingerprint density at radius 2 is 2.00 bits per heavy atom. The molecule has 2 rings (SSSR count). The number of rotatable bonds is 3. The second-order valence-corrected chi connectivity index (χ2v) is 5.00. The molecule has 18 heavy (non-hydrogen) atoms. The van der Waals surface area contributed by atoms with E-state index in [0.29, 0.717) is 12.0 Å². The Kier molecular flexibility index (Phi) is 3.66. The first-order valence-electron chi connectivity index (χ1n) is 6.37. The molecule has 0 aromatic heterocycles. The summed E-state index contributed by atoms with van der Waals surface area (Å²) in [5, 5.41) is 3.38. The van der Waals surface area contributed by atoms with Gasteiger partial charge in [-0.15, -0.1) is 0 Å². The normalized spacial score (nSPS) is 24.4. The molecule has 1 nitrogen and oxygen atoms in total. The Bertz CT molecular complexity index is 406. The third kappa shape index (κ3) is 2.69. The van der Waals surface area contributed by atoms with Gasteiger partial charge in [0.2, 0.25) is 0 Å². The van der Waals surface area contributed by atoms with Crippen LogP contribution in [0.4, 0.5) is 13.2 Å². The lowest BCUT2D eigenvalue weighted by molar-refractivity contribution is -0.138. The quantitative estimate of drug-likeness (QED) is 0.869. The van der Waals surface area contributed by atoms with Crippen LogP contribution in [0.5, 0.6) is 0 Å². The fraction of sp³-hybridized carbons (Fsp3) is 0.571. The number of alkyl halides is 3. The summed E-state index contributed by atoms with van der Waals surface area (Å²) >= 11 is 0. The van der Waals surface area contributed by atoms with Gasteiger partial charge in [-0.05, 0) is 43.9 Å². The van der Waals surface area contributed by atoms with Gasteiger partial charge >= 0.3 is 6.18 Å². The van der Waals surface area contributed by atoms with E-state index in [1.54, 1.807) is 12.1 Å². The lowest BCUT2D eigenvalue weighted by Crippen LogP contribution is -2.41. The van der Waals surface area contributed by atoms with Crippen molar-refractivity contribution in [3.05, 3.63) is 35.4 Å². The smallest absolute Gasteiger partial charge is 0.311 e. The molecule has 1 aliphatic rings. The van der Waals surface area contributed by atoms with Crippen LogP contribution < -0.4 is 5.32 Å². The van der Waals surface area contributed by atoms with E-state index in [2.05, 4.69) is 5.32 Å². The largest absolute Gasteiger partial charge is 0.416 e. The van der Waals surface area contributed by atoms with Crippen molar-refractivity contribution < 1.29 is 13.2 Å². The minimum atomic E-state index is -4.26. The van der Waals surface area contributed by atoms with Crippen LogP contribution in [0.2, 0.25) is 0 Å². The average molecular weight is 257 g/mol. The molecule has 0 spiro atoms. The van der Waals surface area contributed by atoms with Crippen LogP contribution >= 0.6 is 0 Å². The lowest BCUT2D eigenvalue weighted by atomic mass is 9.85. The predicted molar refractivity (Wildman–Crippen MR) is 65.4 cm³/mol. The second kappa shape index (κ2) is 4.92. The summed E-state index contributed by atoms with van der Waals surface area (Å²) in [4.78, 5) is 0. The second-order valence-electron chi connectivity index (χ2n) is 5.00. The van der Waals surface area contributed by atoms with Gasteiger partial charge in [-0.2, -0.15) is 13.2 Å². The van der Waals surface area contributed by atoms with E-state index in [0.717, 1.165) is 25.8 Å². The molecule has 1 saturated heterocycles. The molecular formula is C14H18F3N. The van der Waals surface area contributed by atoms with Gasteiger partial charge in [0.15, 0.2) is 0 Å². The van der Waals surface area contributed by atoms with Crippen molar-refractivity contribution in [2.45, 2.75) is 44.3 Å². The van der Waals surface area contributed by atoms with E-state index in [4.69, 9.17) is 0 Å². The Morgan fingerprint density at radius 1 is 1.28 bits per heavy atom. The summed E-state index contributed by atoms with van der Waals surface area (Å²) < 4.78 is 38.8. The maximum Gasteiger partial charge on any atom is 0.416 e. The van der Waals surface area contributed by atoms with Crippen LogP contribution in [0.1, 0.15) is 37.3 Å². The van der Waals surface area contributed by atoms with Crippen LogP contribution in [-0.4, -0.2) is 12.1 Å². The highest BCUT2D eigenvalue weighted by Crippen LogP contribution is 2.35. The van der Waals surface area contributed by atoms with Gasteiger partial charge in [0.25, 0.3) is 0 Å². The minimum absolute atomic E-state index is 0.151. The Labute approximate surface area is 105 Å². The van der Waals surface area contributed by atoms with Gasteiger partial charge in [-0.3, -0.25) is 0 Å². The van der Waals surface area contributed by atoms with E-state index >= 15 is 0 Å². The van der Waals surface area contributed by atoms with Crippen LogP contribution in [0.3, 0.4) is 0 Å². The van der Waals surface area contributed by atoms with Gasteiger partial charge in [0.1, 0.15) is 0 Å². The number of benzene rings is 1. The van der Waals surface area contributed by atoms with Crippen LogP contribution in [0.15, 0.2) is 24.3 Å². The first kappa shape index (κ1) is 13.4. The average Bonchev–Trinajstić information content (AvgIpc) is 2.78. The molecule has 1 unspecified atom stereocenters. The topological polar surface area (TPSA) is 12.0 Å². The summed E-state index contributed by atoms with van der Waals surface area (Å²) in [6, 6.07) is 5.91. The zero-order valence-corrected chi connectivity index (χ0v) is 10.5. The summed E-state index contributed by atoms with van der Waals surface area (Å²) in [6.07, 6.45) is -0.944. The highest BCUT2D eigenvalue weighted by molar-refractivity contribution is 5.31. The molecule has 0 saturated carbocycles. The number of halogens is 3. The lowest BCUT2D eigenvalue weighted by Gasteiger charge is -2.29. The van der Waals surface area contributed by atoms with E-state index in [1.165, 1.54) is 12.1 Å². The molecule has 1 aliphatic heterocycles. The zero-order chi connectivity index (χ0) is 13.2. The molecule has 1 heterocycles. The third-order valence-corrected chi connectivity index (χ3v) is 3.86. The van der Waals surface area contributed by atoms with Gasteiger partial charge in [0.05, 0.1) is 5.56 Å². The van der Waals surface area contributed by atoms with Gasteiger partial charge < -0.3 is 5.32 Å². The van der Waals surface area contributed by atoms with Crippen molar-refractivity contribution >= 4 is 0 Å². The van der Waals surface area contributed by atoms with Crippen LogP contribution in [-0.2, 0) is 12.6 Å². The molecular weight excluding hydrogens is 239 g/mol. The maximum atomic E-state index is 12.9. The SMILES string of the molecule is CCC1(Cc2ccccc2C(F)(F)F)CCCN1. The summed E-state index contributed by atoms with van der Waals surface area (Å²) in [6.45, 7) is 2.94. The Hall–Kier alpha value is -1.03. The predicted octanol–water partition coefficient (Wildman–Crippen LogP) is 3.78. The van der Waals surface area contributed by atoms with E-state index in [1.807, 2.05) is 6.92 Å². The Morgan fingerprint density at radius 3 is 2.56 bits per heavy atom. The molecule has 100 valence electrons.